The smallest absolute Gasteiger partial charge is 0.303 e. The van der Waals surface area contributed by atoms with Crippen LogP contribution in [-0.2, 0) is 17.8 Å². The maximum absolute atomic E-state index is 11.3. The summed E-state index contributed by atoms with van der Waals surface area (Å²) >= 11 is 0. The minimum atomic E-state index is -0.755. The number of fused-ring (bicyclic) bond motifs is 3. The molecule has 5 rings (SSSR count). The number of H-pyrrole nitrogens is 1. The van der Waals surface area contributed by atoms with Gasteiger partial charge >= 0.3 is 5.97 Å². The second kappa shape index (κ2) is 8.70. The molecule has 5 nitrogen and oxygen atoms in total. The summed E-state index contributed by atoms with van der Waals surface area (Å²) < 4.78 is 6.09. The summed E-state index contributed by atoms with van der Waals surface area (Å²) in [6, 6.07) is 14.5. The van der Waals surface area contributed by atoms with Gasteiger partial charge in [0.1, 0.15) is 12.4 Å². The number of ether oxygens (including phenoxy) is 1. The Morgan fingerprint density at radius 2 is 1.97 bits per heavy atom. The first kappa shape index (κ1) is 20.6. The van der Waals surface area contributed by atoms with Crippen molar-refractivity contribution in [2.45, 2.75) is 69.8 Å². The molecule has 1 fully saturated rings. The molecule has 2 N–H and O–H groups in total. The number of aryl methyl sites for hydroxylation is 1. The van der Waals surface area contributed by atoms with Crippen molar-refractivity contribution in [3.05, 3.63) is 64.3 Å². The molecule has 32 heavy (non-hydrogen) atoms. The number of carbonyl (C=O) groups is 1. The van der Waals surface area contributed by atoms with Crippen molar-refractivity contribution in [2.24, 2.45) is 0 Å². The maximum atomic E-state index is 11.3. The van der Waals surface area contributed by atoms with Gasteiger partial charge in [-0.15, -0.1) is 0 Å². The van der Waals surface area contributed by atoms with Crippen LogP contribution in [0.25, 0.3) is 10.9 Å². The number of aliphatic carboxylic acids is 1. The van der Waals surface area contributed by atoms with Crippen LogP contribution in [0.15, 0.2) is 36.4 Å². The zero-order valence-electron chi connectivity index (χ0n) is 18.2. The van der Waals surface area contributed by atoms with Gasteiger partial charge in [0.05, 0.1) is 18.1 Å². The fourth-order valence-electron chi connectivity index (χ4n) is 5.61. The maximum Gasteiger partial charge on any atom is 0.303 e. The van der Waals surface area contributed by atoms with Gasteiger partial charge in [-0.1, -0.05) is 31.4 Å². The number of aromatic nitrogens is 1. The van der Waals surface area contributed by atoms with E-state index in [1.54, 1.807) is 0 Å². The highest BCUT2D eigenvalue weighted by atomic mass is 16.5. The number of carboxylic acids is 1. The van der Waals surface area contributed by atoms with E-state index in [0.717, 1.165) is 51.9 Å². The molecule has 1 saturated carbocycles. The van der Waals surface area contributed by atoms with E-state index in [4.69, 9.17) is 4.74 Å². The average Bonchev–Trinajstić information content (AvgIpc) is 3.37. The van der Waals surface area contributed by atoms with Crippen LogP contribution in [0.4, 0.5) is 0 Å². The van der Waals surface area contributed by atoms with Crippen LogP contribution in [-0.4, -0.2) is 16.1 Å². The summed E-state index contributed by atoms with van der Waals surface area (Å²) in [5, 5.41) is 20.0. The highest BCUT2D eigenvalue weighted by Crippen LogP contribution is 2.41. The van der Waals surface area contributed by atoms with Gasteiger partial charge in [0.15, 0.2) is 0 Å². The molecule has 0 bridgehead atoms. The Hall–Kier alpha value is -3.26. The molecule has 1 unspecified atom stereocenters. The molecule has 164 valence electrons. The Labute approximate surface area is 188 Å². The van der Waals surface area contributed by atoms with Gasteiger partial charge in [0, 0.05) is 16.6 Å². The predicted molar refractivity (Wildman–Crippen MR) is 123 cm³/mol. The average molecular weight is 429 g/mol. The monoisotopic (exact) mass is 428 g/mol. The van der Waals surface area contributed by atoms with Crippen LogP contribution in [0.3, 0.4) is 0 Å². The summed E-state index contributed by atoms with van der Waals surface area (Å²) in [6.07, 6.45) is 8.08. The number of benzene rings is 2. The quantitative estimate of drug-likeness (QED) is 0.491. The molecule has 1 heterocycles. The molecule has 0 radical (unpaired) electrons. The van der Waals surface area contributed by atoms with E-state index in [-0.39, 0.29) is 12.3 Å². The molecule has 2 aromatic carbocycles. The lowest BCUT2D eigenvalue weighted by Gasteiger charge is -2.23. The van der Waals surface area contributed by atoms with Crippen LogP contribution in [0.1, 0.15) is 84.7 Å². The SMILES string of the molecule is N#Cc1cc(COc2ccc3[nH]c4c(c3c2)C(CC(=O)O)CC4)ccc1C1CCCCC1. The third-order valence-corrected chi connectivity index (χ3v) is 7.15. The number of hydrogen-bond acceptors (Lipinski definition) is 3. The Kier molecular flexibility index (Phi) is 5.61. The minimum absolute atomic E-state index is 0.0528. The van der Waals surface area contributed by atoms with E-state index in [2.05, 4.69) is 23.2 Å². The summed E-state index contributed by atoms with van der Waals surface area (Å²) in [7, 11) is 0. The van der Waals surface area contributed by atoms with Crippen LogP contribution in [0, 0.1) is 11.3 Å². The Morgan fingerprint density at radius 3 is 2.75 bits per heavy atom. The number of nitrogens with one attached hydrogen (secondary N) is 1. The van der Waals surface area contributed by atoms with Crippen molar-refractivity contribution in [3.63, 3.8) is 0 Å². The molecule has 0 spiro atoms. The third kappa shape index (κ3) is 3.98. The van der Waals surface area contributed by atoms with Crippen LogP contribution in [0.2, 0.25) is 0 Å². The van der Waals surface area contributed by atoms with E-state index in [1.807, 2.05) is 24.3 Å². The molecule has 0 aliphatic heterocycles. The van der Waals surface area contributed by atoms with Crippen molar-refractivity contribution >= 4 is 16.9 Å². The van der Waals surface area contributed by atoms with E-state index in [0.29, 0.717) is 12.5 Å². The van der Waals surface area contributed by atoms with Crippen molar-refractivity contribution in [2.75, 3.05) is 0 Å². The fourth-order valence-corrected chi connectivity index (χ4v) is 5.61. The summed E-state index contributed by atoms with van der Waals surface area (Å²) in [5.74, 6) is 0.562. The lowest BCUT2D eigenvalue weighted by atomic mass is 9.82. The van der Waals surface area contributed by atoms with Gasteiger partial charge in [-0.25, -0.2) is 0 Å². The Bertz CT molecular complexity index is 1200. The van der Waals surface area contributed by atoms with Gasteiger partial charge in [0.25, 0.3) is 0 Å². The molecular weight excluding hydrogens is 400 g/mol. The highest BCUT2D eigenvalue weighted by molar-refractivity contribution is 5.88. The molecule has 2 aliphatic rings. The zero-order chi connectivity index (χ0) is 22.1. The lowest BCUT2D eigenvalue weighted by molar-refractivity contribution is -0.137. The summed E-state index contributed by atoms with van der Waals surface area (Å²) in [4.78, 5) is 14.7. The van der Waals surface area contributed by atoms with Crippen LogP contribution < -0.4 is 4.74 Å². The molecule has 2 aliphatic carbocycles. The third-order valence-electron chi connectivity index (χ3n) is 7.15. The second-order valence-electron chi connectivity index (χ2n) is 9.22. The fraction of sp³-hybridized carbons (Fsp3) is 0.407. The normalized spacial score (nSPS) is 18.4. The highest BCUT2D eigenvalue weighted by Gasteiger charge is 2.28. The van der Waals surface area contributed by atoms with Gasteiger partial charge < -0.3 is 14.8 Å². The molecule has 1 aromatic heterocycles. The van der Waals surface area contributed by atoms with E-state index in [1.165, 1.54) is 37.7 Å². The molecular formula is C27H28N2O3. The minimum Gasteiger partial charge on any atom is -0.489 e. The number of carboxylic acid groups (broad SMARTS) is 1. The Morgan fingerprint density at radius 1 is 1.12 bits per heavy atom. The first-order valence-corrected chi connectivity index (χ1v) is 11.6. The zero-order valence-corrected chi connectivity index (χ0v) is 18.2. The molecule has 0 amide bonds. The summed E-state index contributed by atoms with van der Waals surface area (Å²) in [5.41, 5.74) is 6.26. The molecule has 0 saturated heterocycles. The van der Waals surface area contributed by atoms with Crippen molar-refractivity contribution in [3.8, 4) is 11.8 Å². The first-order valence-electron chi connectivity index (χ1n) is 11.6. The van der Waals surface area contributed by atoms with Crippen molar-refractivity contribution in [1.82, 2.24) is 4.98 Å². The molecule has 3 aromatic rings. The summed E-state index contributed by atoms with van der Waals surface area (Å²) in [6.45, 7) is 0.399. The number of nitriles is 1. The second-order valence-corrected chi connectivity index (χ2v) is 9.22. The van der Waals surface area contributed by atoms with Crippen molar-refractivity contribution < 1.29 is 14.6 Å². The molecule has 1 atom stereocenters. The first-order chi connectivity index (χ1) is 15.6. The Balaban J connectivity index is 1.34. The van der Waals surface area contributed by atoms with Gasteiger partial charge in [0.2, 0.25) is 0 Å². The van der Waals surface area contributed by atoms with Gasteiger partial charge in [-0.2, -0.15) is 5.26 Å². The van der Waals surface area contributed by atoms with E-state index < -0.39 is 5.97 Å². The predicted octanol–water partition coefficient (Wildman–Crippen LogP) is 6.17. The van der Waals surface area contributed by atoms with Gasteiger partial charge in [-0.3, -0.25) is 4.79 Å². The number of hydrogen-bond donors (Lipinski definition) is 2. The van der Waals surface area contributed by atoms with Crippen LogP contribution in [0.5, 0.6) is 5.75 Å². The van der Waals surface area contributed by atoms with Crippen molar-refractivity contribution in [1.29, 1.82) is 5.26 Å². The molecule has 5 heteroatoms. The number of nitrogens with zero attached hydrogens (tertiary/aromatic N) is 1. The largest absolute Gasteiger partial charge is 0.489 e. The van der Waals surface area contributed by atoms with Crippen LogP contribution >= 0.6 is 0 Å². The standard InChI is InChI=1S/C27H28N2O3/c28-15-20-12-17(6-9-22(20)18-4-2-1-3-5-18)16-32-21-8-11-24-23(14-21)27-19(13-26(30)31)7-10-25(27)29-24/h6,8-9,11-12,14,18-19,29H,1-5,7,10,13,16H2,(H,30,31). The topological polar surface area (TPSA) is 86.1 Å². The van der Waals surface area contributed by atoms with Gasteiger partial charge in [-0.05, 0) is 78.5 Å². The van der Waals surface area contributed by atoms with E-state index in [9.17, 15) is 15.2 Å². The van der Waals surface area contributed by atoms with E-state index >= 15 is 0 Å². The lowest BCUT2D eigenvalue weighted by Crippen LogP contribution is -2.07. The number of rotatable bonds is 6. The number of aromatic amines is 1.